The molecule has 0 bridgehead atoms. The fraction of sp³-hybridized carbons (Fsp3) is 0. The minimum atomic E-state index is 1.10. The third kappa shape index (κ3) is 7.12. The largest absolute Gasteiger partial charge is 0.310 e. The molecule has 0 saturated heterocycles. The molecule has 0 atom stereocenters. The first-order chi connectivity index (χ1) is 37.2. The summed E-state index contributed by atoms with van der Waals surface area (Å²) in [6, 6.07) is 104. The van der Waals surface area contributed by atoms with E-state index in [1.165, 1.54) is 104 Å². The van der Waals surface area contributed by atoms with E-state index in [0.717, 1.165) is 33.8 Å². The number of para-hydroxylation sites is 3. The Morgan fingerprint density at radius 3 is 1.15 bits per heavy atom. The summed E-state index contributed by atoms with van der Waals surface area (Å²) in [6.45, 7) is 0. The van der Waals surface area contributed by atoms with Crippen molar-refractivity contribution in [3.05, 3.63) is 285 Å². The van der Waals surface area contributed by atoms with E-state index in [9.17, 15) is 0 Å². The second kappa shape index (κ2) is 17.4. The molecule has 0 amide bonds. The summed E-state index contributed by atoms with van der Waals surface area (Å²) in [5.74, 6) is 0. The Kier molecular flexibility index (Phi) is 9.89. The Hall–Kier alpha value is -9.96. The predicted molar refractivity (Wildman–Crippen MR) is 317 cm³/mol. The molecule has 0 aliphatic carbocycles. The van der Waals surface area contributed by atoms with Gasteiger partial charge in [-0.1, -0.05) is 182 Å². The highest BCUT2D eigenvalue weighted by molar-refractivity contribution is 6.24. The number of hydrogen-bond donors (Lipinski definition) is 0. The monoisotopic (exact) mass is 953 g/mol. The molecule has 0 radical (unpaired) electrons. The Morgan fingerprint density at radius 2 is 0.613 bits per heavy atom. The summed E-state index contributed by atoms with van der Waals surface area (Å²) in [5.41, 5.74) is 22.4. The third-order valence-corrected chi connectivity index (χ3v) is 15.4. The van der Waals surface area contributed by atoms with Crippen molar-refractivity contribution < 1.29 is 0 Å². The van der Waals surface area contributed by atoms with Crippen LogP contribution >= 0.6 is 0 Å². The third-order valence-electron chi connectivity index (χ3n) is 15.4. The quantitative estimate of drug-likeness (QED) is 0.140. The van der Waals surface area contributed by atoms with Crippen LogP contribution in [0.25, 0.3) is 121 Å². The van der Waals surface area contributed by atoms with E-state index in [4.69, 9.17) is 0 Å². The SMILES string of the molecule is c1ccc(-c2cc(-c3ccccc3)cc(-c3cccc(-n4c5ccc(-c6ccccc6)cc5c5cc(-c6ccc(N(c7ccccc7)c7cc8c9ccccc9n9c%10ccccc%10c(c7)c89)cc6)ccc54)c3)c2)cc1. The lowest BCUT2D eigenvalue weighted by Gasteiger charge is -2.26. The van der Waals surface area contributed by atoms with Crippen LogP contribution < -0.4 is 4.90 Å². The molecule has 12 aromatic carbocycles. The van der Waals surface area contributed by atoms with Crippen LogP contribution in [0.3, 0.4) is 0 Å². The molecule has 0 fully saturated rings. The molecule has 0 aliphatic rings. The first-order valence-electron chi connectivity index (χ1n) is 25.8. The van der Waals surface area contributed by atoms with Gasteiger partial charge in [0.2, 0.25) is 0 Å². The molecular formula is C72H47N3. The van der Waals surface area contributed by atoms with E-state index < -0.39 is 0 Å². The minimum absolute atomic E-state index is 1.10. The first-order valence-corrected chi connectivity index (χ1v) is 25.8. The van der Waals surface area contributed by atoms with Gasteiger partial charge in [-0.15, -0.1) is 0 Å². The molecule has 3 nitrogen and oxygen atoms in total. The van der Waals surface area contributed by atoms with Crippen molar-refractivity contribution in [3.63, 3.8) is 0 Å². The molecule has 3 heterocycles. The van der Waals surface area contributed by atoms with E-state index in [1.54, 1.807) is 0 Å². The van der Waals surface area contributed by atoms with Crippen molar-refractivity contribution in [2.45, 2.75) is 0 Å². The topological polar surface area (TPSA) is 12.6 Å². The number of hydrogen-bond acceptors (Lipinski definition) is 1. The number of fused-ring (bicyclic) bond motifs is 9. The lowest BCUT2D eigenvalue weighted by molar-refractivity contribution is 1.18. The fourth-order valence-electron chi connectivity index (χ4n) is 11.9. The molecule has 0 spiro atoms. The summed E-state index contributed by atoms with van der Waals surface area (Å²) < 4.78 is 4.90. The van der Waals surface area contributed by atoms with E-state index in [-0.39, 0.29) is 0 Å². The van der Waals surface area contributed by atoms with Gasteiger partial charge >= 0.3 is 0 Å². The smallest absolute Gasteiger partial charge is 0.0622 e. The number of rotatable bonds is 9. The van der Waals surface area contributed by atoms with Gasteiger partial charge in [0.25, 0.3) is 0 Å². The van der Waals surface area contributed by atoms with E-state index >= 15 is 0 Å². The van der Waals surface area contributed by atoms with Crippen LogP contribution in [0, 0.1) is 0 Å². The highest BCUT2D eigenvalue weighted by Crippen LogP contribution is 2.46. The molecule has 75 heavy (non-hydrogen) atoms. The maximum Gasteiger partial charge on any atom is 0.0622 e. The summed E-state index contributed by atoms with van der Waals surface area (Å²) in [5, 5.41) is 7.48. The van der Waals surface area contributed by atoms with Crippen molar-refractivity contribution in [2.75, 3.05) is 4.90 Å². The van der Waals surface area contributed by atoms with E-state index in [1.807, 2.05) is 0 Å². The molecule has 350 valence electrons. The van der Waals surface area contributed by atoms with Gasteiger partial charge in [0.1, 0.15) is 0 Å². The van der Waals surface area contributed by atoms with Crippen molar-refractivity contribution in [2.24, 2.45) is 0 Å². The zero-order chi connectivity index (χ0) is 49.4. The minimum Gasteiger partial charge on any atom is -0.310 e. The Morgan fingerprint density at radius 1 is 0.213 bits per heavy atom. The second-order valence-electron chi connectivity index (χ2n) is 19.7. The van der Waals surface area contributed by atoms with Crippen LogP contribution in [-0.2, 0) is 0 Å². The molecule has 0 unspecified atom stereocenters. The fourth-order valence-corrected chi connectivity index (χ4v) is 11.9. The summed E-state index contributed by atoms with van der Waals surface area (Å²) in [6.07, 6.45) is 0. The van der Waals surface area contributed by atoms with Crippen molar-refractivity contribution in [3.8, 4) is 61.3 Å². The van der Waals surface area contributed by atoms with Crippen LogP contribution in [0.15, 0.2) is 285 Å². The average molecular weight is 954 g/mol. The van der Waals surface area contributed by atoms with Crippen LogP contribution in [0.2, 0.25) is 0 Å². The van der Waals surface area contributed by atoms with Gasteiger partial charge in [-0.05, 0) is 159 Å². The summed E-state index contributed by atoms with van der Waals surface area (Å²) >= 11 is 0. The maximum atomic E-state index is 2.45. The van der Waals surface area contributed by atoms with Crippen molar-refractivity contribution >= 4 is 77.0 Å². The number of benzene rings is 12. The van der Waals surface area contributed by atoms with E-state index in [0.29, 0.717) is 0 Å². The molecule has 0 N–H and O–H groups in total. The van der Waals surface area contributed by atoms with Gasteiger partial charge in [0, 0.05) is 55.1 Å². The Bertz CT molecular complexity index is 4470. The molecule has 3 aromatic heterocycles. The molecule has 0 aliphatic heterocycles. The second-order valence-corrected chi connectivity index (χ2v) is 19.7. The number of aromatic nitrogens is 2. The standard InChI is InChI=1S/C72H47N3/c1-5-18-48(19-6-1)53-34-38-70-64(44-53)65-45-54(35-39-71(65)74(70)60-27-17-24-52(43-60)57-41-55(49-20-7-2-8-21-49)40-56(42-57)50-22-9-3-10-23-50)51-32-36-59(37-33-51)73(58-25-11-4-12-26-58)61-46-66-62-28-13-15-30-68(62)75-69-31-16-14-29-63(69)67(47-61)72(66)75/h1-47H. The Balaban J connectivity index is 0.860. The van der Waals surface area contributed by atoms with Gasteiger partial charge in [0.05, 0.1) is 27.6 Å². The maximum absolute atomic E-state index is 2.45. The van der Waals surface area contributed by atoms with Crippen LogP contribution in [0.5, 0.6) is 0 Å². The molecule has 15 aromatic rings. The van der Waals surface area contributed by atoms with Gasteiger partial charge in [0.15, 0.2) is 0 Å². The lowest BCUT2D eigenvalue weighted by Crippen LogP contribution is -2.09. The molecule has 0 saturated carbocycles. The van der Waals surface area contributed by atoms with Crippen LogP contribution in [0.1, 0.15) is 0 Å². The predicted octanol–water partition coefficient (Wildman–Crippen LogP) is 19.7. The summed E-state index contributed by atoms with van der Waals surface area (Å²) in [4.78, 5) is 2.41. The molecule has 3 heteroatoms. The van der Waals surface area contributed by atoms with Gasteiger partial charge in [-0.25, -0.2) is 0 Å². The van der Waals surface area contributed by atoms with Gasteiger partial charge < -0.3 is 13.9 Å². The Labute approximate surface area is 435 Å². The molecular weight excluding hydrogens is 907 g/mol. The molecule has 15 rings (SSSR count). The van der Waals surface area contributed by atoms with E-state index in [2.05, 4.69) is 299 Å². The average Bonchev–Trinajstić information content (AvgIpc) is 4.13. The van der Waals surface area contributed by atoms with Crippen molar-refractivity contribution in [1.82, 2.24) is 8.97 Å². The number of nitrogens with zero attached hydrogens (tertiary/aromatic N) is 3. The zero-order valence-corrected chi connectivity index (χ0v) is 41.0. The summed E-state index contributed by atoms with van der Waals surface area (Å²) in [7, 11) is 0. The first kappa shape index (κ1) is 42.7. The van der Waals surface area contributed by atoms with Crippen LogP contribution in [-0.4, -0.2) is 8.97 Å². The zero-order valence-electron chi connectivity index (χ0n) is 41.0. The number of anilines is 3. The van der Waals surface area contributed by atoms with Gasteiger partial charge in [-0.2, -0.15) is 0 Å². The highest BCUT2D eigenvalue weighted by atomic mass is 15.1. The lowest BCUT2D eigenvalue weighted by atomic mass is 9.93. The van der Waals surface area contributed by atoms with Gasteiger partial charge in [-0.3, -0.25) is 0 Å². The highest BCUT2D eigenvalue weighted by Gasteiger charge is 2.22. The normalized spacial score (nSPS) is 11.7. The van der Waals surface area contributed by atoms with Crippen molar-refractivity contribution in [1.29, 1.82) is 0 Å². The van der Waals surface area contributed by atoms with Crippen LogP contribution in [0.4, 0.5) is 17.1 Å².